The van der Waals surface area contributed by atoms with E-state index in [0.717, 1.165) is 20.3 Å². The van der Waals surface area contributed by atoms with Crippen LogP contribution < -0.4 is 0 Å². The summed E-state index contributed by atoms with van der Waals surface area (Å²) < 4.78 is 3.05. The van der Waals surface area contributed by atoms with Crippen LogP contribution in [0.1, 0.15) is 9.67 Å². The van der Waals surface area contributed by atoms with Gasteiger partial charge in [-0.1, -0.05) is 28.1 Å². The second-order valence-corrected chi connectivity index (χ2v) is 5.82. The Balaban J connectivity index is 1.96. The van der Waals surface area contributed by atoms with Gasteiger partial charge >= 0.3 is 0 Å². The normalized spacial score (nSPS) is 10.9. The zero-order valence-electron chi connectivity index (χ0n) is 9.47. The number of thiophene rings is 1. The number of carbonyl (C=O) groups excluding carboxylic acids is 1. The van der Waals surface area contributed by atoms with E-state index in [1.54, 1.807) is 0 Å². The minimum Gasteiger partial charge on any atom is -0.340 e. The van der Waals surface area contributed by atoms with Crippen LogP contribution >= 0.6 is 27.3 Å². The third-order valence-electron chi connectivity index (χ3n) is 2.87. The third-order valence-corrected chi connectivity index (χ3v) is 4.47. The van der Waals surface area contributed by atoms with E-state index >= 15 is 0 Å². The number of ketones is 1. The topological polar surface area (TPSA) is 22.0 Å². The summed E-state index contributed by atoms with van der Waals surface area (Å²) in [7, 11) is 0. The maximum Gasteiger partial charge on any atom is 0.192 e. The molecular weight excluding hydrogens is 310 g/mol. The molecule has 0 aliphatic heterocycles. The Bertz CT molecular complexity index is 700. The van der Waals surface area contributed by atoms with Gasteiger partial charge in [0.1, 0.15) is 0 Å². The summed E-state index contributed by atoms with van der Waals surface area (Å²) in [5.41, 5.74) is 1.08. The van der Waals surface area contributed by atoms with Crippen molar-refractivity contribution in [3.63, 3.8) is 0 Å². The van der Waals surface area contributed by atoms with Crippen molar-refractivity contribution in [2.24, 2.45) is 0 Å². The molecule has 0 N–H and O–H groups in total. The van der Waals surface area contributed by atoms with Crippen molar-refractivity contribution in [1.82, 2.24) is 4.57 Å². The number of nitrogens with zero attached hydrogens (tertiary/aromatic N) is 1. The Morgan fingerprint density at radius 1 is 1.22 bits per heavy atom. The van der Waals surface area contributed by atoms with Crippen LogP contribution in [0.15, 0.2) is 52.4 Å². The molecule has 2 heterocycles. The Labute approximate surface area is 117 Å². The fourth-order valence-electron chi connectivity index (χ4n) is 1.99. The number of benzene rings is 1. The second kappa shape index (κ2) is 4.71. The van der Waals surface area contributed by atoms with Gasteiger partial charge in [-0.2, -0.15) is 0 Å². The van der Waals surface area contributed by atoms with E-state index in [-0.39, 0.29) is 5.78 Å². The van der Waals surface area contributed by atoms with E-state index < -0.39 is 0 Å². The number of hydrogen-bond acceptors (Lipinski definition) is 2. The van der Waals surface area contributed by atoms with Crippen LogP contribution in [-0.4, -0.2) is 10.4 Å². The molecule has 0 fully saturated rings. The summed E-state index contributed by atoms with van der Waals surface area (Å²) in [6, 6.07) is 11.8. The summed E-state index contributed by atoms with van der Waals surface area (Å²) >= 11 is 5.01. The Hall–Kier alpha value is -1.39. The van der Waals surface area contributed by atoms with E-state index in [4.69, 9.17) is 0 Å². The number of hydrogen-bond donors (Lipinski definition) is 0. The van der Waals surface area contributed by atoms with Crippen LogP contribution in [0.3, 0.4) is 0 Å². The summed E-state index contributed by atoms with van der Waals surface area (Å²) in [6.07, 6.45) is 1.96. The van der Waals surface area contributed by atoms with Crippen LogP contribution in [0.25, 0.3) is 10.9 Å². The zero-order valence-corrected chi connectivity index (χ0v) is 11.9. The van der Waals surface area contributed by atoms with Crippen molar-refractivity contribution in [1.29, 1.82) is 0 Å². The minimum absolute atomic E-state index is 0.155. The Morgan fingerprint density at radius 3 is 2.89 bits per heavy atom. The van der Waals surface area contributed by atoms with Crippen LogP contribution in [0.5, 0.6) is 0 Å². The highest BCUT2D eigenvalue weighted by Gasteiger charge is 2.10. The molecule has 0 saturated heterocycles. The molecule has 0 bridgehead atoms. The van der Waals surface area contributed by atoms with Crippen molar-refractivity contribution in [3.05, 3.63) is 57.3 Å². The number of aromatic nitrogens is 1. The first-order chi connectivity index (χ1) is 8.75. The zero-order chi connectivity index (χ0) is 12.5. The number of fused-ring (bicyclic) bond motifs is 1. The first-order valence-corrected chi connectivity index (χ1v) is 7.23. The van der Waals surface area contributed by atoms with Crippen LogP contribution in [0, 0.1) is 0 Å². The molecule has 0 radical (unpaired) electrons. The number of carbonyl (C=O) groups is 1. The Morgan fingerprint density at radius 2 is 2.11 bits per heavy atom. The van der Waals surface area contributed by atoms with Gasteiger partial charge in [-0.3, -0.25) is 4.79 Å². The predicted molar refractivity (Wildman–Crippen MR) is 78.3 cm³/mol. The van der Waals surface area contributed by atoms with Crippen LogP contribution in [0.4, 0.5) is 0 Å². The molecule has 0 spiro atoms. The van der Waals surface area contributed by atoms with Gasteiger partial charge in [-0.05, 0) is 29.6 Å². The fraction of sp³-hybridized carbons (Fsp3) is 0.0714. The molecule has 1 aromatic carbocycles. The fourth-order valence-corrected chi connectivity index (χ4v) is 3.14. The molecular formula is C14H10BrNOS. The number of rotatable bonds is 3. The van der Waals surface area contributed by atoms with E-state index in [0.29, 0.717) is 6.54 Å². The van der Waals surface area contributed by atoms with Crippen molar-refractivity contribution >= 4 is 44.0 Å². The van der Waals surface area contributed by atoms with Crippen LogP contribution in [0.2, 0.25) is 0 Å². The van der Waals surface area contributed by atoms with E-state index in [9.17, 15) is 4.79 Å². The standard InChI is InChI=1S/C14H10BrNOS/c15-11-3-1-4-12-10(11)6-7-16(12)9-13(17)14-5-2-8-18-14/h1-8H,9H2. The molecule has 4 heteroatoms. The second-order valence-electron chi connectivity index (χ2n) is 4.02. The van der Waals surface area contributed by atoms with Gasteiger partial charge in [0.15, 0.2) is 5.78 Å². The molecule has 3 aromatic rings. The lowest BCUT2D eigenvalue weighted by Gasteiger charge is -2.03. The molecule has 0 aliphatic carbocycles. The van der Waals surface area contributed by atoms with Gasteiger partial charge in [0.05, 0.1) is 11.4 Å². The van der Waals surface area contributed by atoms with Gasteiger partial charge in [-0.15, -0.1) is 11.3 Å². The lowest BCUT2D eigenvalue weighted by atomic mass is 10.2. The summed E-state index contributed by atoms with van der Waals surface area (Å²) in [4.78, 5) is 12.9. The molecule has 18 heavy (non-hydrogen) atoms. The van der Waals surface area contributed by atoms with Crippen molar-refractivity contribution in [2.45, 2.75) is 6.54 Å². The summed E-state index contributed by atoms with van der Waals surface area (Å²) in [5, 5.41) is 3.06. The van der Waals surface area contributed by atoms with Gasteiger partial charge in [-0.25, -0.2) is 0 Å². The van der Waals surface area contributed by atoms with E-state index in [2.05, 4.69) is 15.9 Å². The maximum atomic E-state index is 12.1. The van der Waals surface area contributed by atoms with Crippen LogP contribution in [-0.2, 0) is 6.54 Å². The average molecular weight is 320 g/mol. The lowest BCUT2D eigenvalue weighted by Crippen LogP contribution is -2.07. The highest BCUT2D eigenvalue weighted by molar-refractivity contribution is 9.10. The first kappa shape index (κ1) is 11.7. The van der Waals surface area contributed by atoms with Crippen molar-refractivity contribution in [3.8, 4) is 0 Å². The molecule has 2 aromatic heterocycles. The molecule has 0 amide bonds. The third kappa shape index (κ3) is 2.02. The first-order valence-electron chi connectivity index (χ1n) is 5.56. The smallest absolute Gasteiger partial charge is 0.192 e. The largest absolute Gasteiger partial charge is 0.340 e. The van der Waals surface area contributed by atoms with Gasteiger partial charge in [0.2, 0.25) is 0 Å². The molecule has 2 nitrogen and oxygen atoms in total. The van der Waals surface area contributed by atoms with E-state index in [1.165, 1.54) is 11.3 Å². The van der Waals surface area contributed by atoms with E-state index in [1.807, 2.05) is 52.5 Å². The number of halogens is 1. The highest BCUT2D eigenvalue weighted by Crippen LogP contribution is 2.25. The minimum atomic E-state index is 0.155. The monoisotopic (exact) mass is 319 g/mol. The lowest BCUT2D eigenvalue weighted by molar-refractivity contribution is 0.0977. The maximum absolute atomic E-state index is 12.1. The molecule has 0 atom stereocenters. The van der Waals surface area contributed by atoms with Gasteiger partial charge in [0.25, 0.3) is 0 Å². The summed E-state index contributed by atoms with van der Waals surface area (Å²) in [6.45, 7) is 0.389. The molecule has 0 saturated carbocycles. The van der Waals surface area contributed by atoms with Gasteiger partial charge < -0.3 is 4.57 Å². The molecule has 0 aliphatic rings. The quantitative estimate of drug-likeness (QED) is 0.658. The molecule has 0 unspecified atom stereocenters. The van der Waals surface area contributed by atoms with Crippen molar-refractivity contribution < 1.29 is 4.79 Å². The molecule has 3 rings (SSSR count). The molecule has 90 valence electrons. The average Bonchev–Trinajstić information content (AvgIpc) is 2.99. The summed E-state index contributed by atoms with van der Waals surface area (Å²) in [5.74, 6) is 0.155. The SMILES string of the molecule is O=C(Cn1ccc2c(Br)cccc21)c1cccs1. The van der Waals surface area contributed by atoms with Gasteiger partial charge in [0, 0.05) is 21.6 Å². The van der Waals surface area contributed by atoms with Crippen molar-refractivity contribution in [2.75, 3.05) is 0 Å². The highest BCUT2D eigenvalue weighted by atomic mass is 79.9. The number of Topliss-reactive ketones (excluding diaryl/α,β-unsaturated/α-hetero) is 1. The Kier molecular flexibility index (Phi) is 3.06. The predicted octanol–water partition coefficient (Wildman–Crippen LogP) is 4.35.